The van der Waals surface area contributed by atoms with Crippen LogP contribution >= 0.6 is 11.8 Å². The number of thioether (sulfide) groups is 1. The number of anilines is 1. The highest BCUT2D eigenvalue weighted by Gasteiger charge is 2.06. The second-order valence-corrected chi connectivity index (χ2v) is 4.45. The molecule has 5 heteroatoms. The minimum Gasteiger partial charge on any atom is -0.489 e. The first-order valence-electron chi connectivity index (χ1n) is 5.08. The van der Waals surface area contributed by atoms with E-state index in [1.54, 1.807) is 12.1 Å². The van der Waals surface area contributed by atoms with E-state index < -0.39 is 6.10 Å². The van der Waals surface area contributed by atoms with Crippen LogP contribution in [0.3, 0.4) is 0 Å². The third-order valence-electron chi connectivity index (χ3n) is 1.90. The van der Waals surface area contributed by atoms with E-state index in [2.05, 4.69) is 0 Å². The zero-order valence-corrected chi connectivity index (χ0v) is 9.82. The van der Waals surface area contributed by atoms with E-state index in [4.69, 9.17) is 15.6 Å². The summed E-state index contributed by atoms with van der Waals surface area (Å²) in [5.41, 5.74) is 6.25. The number of aliphatic hydroxyl groups excluding tert-OH is 2. The van der Waals surface area contributed by atoms with E-state index in [-0.39, 0.29) is 13.2 Å². The Morgan fingerprint density at radius 1 is 1.38 bits per heavy atom. The van der Waals surface area contributed by atoms with E-state index in [9.17, 15) is 5.11 Å². The molecule has 4 N–H and O–H groups in total. The van der Waals surface area contributed by atoms with E-state index in [1.165, 1.54) is 11.8 Å². The molecule has 4 nitrogen and oxygen atoms in total. The molecule has 0 aliphatic heterocycles. The van der Waals surface area contributed by atoms with Crippen molar-refractivity contribution in [1.29, 1.82) is 0 Å². The Bertz CT molecular complexity index is 309. The zero-order chi connectivity index (χ0) is 11.8. The average molecular weight is 243 g/mol. The van der Waals surface area contributed by atoms with Gasteiger partial charge in [-0.25, -0.2) is 0 Å². The summed E-state index contributed by atoms with van der Waals surface area (Å²) < 4.78 is 5.38. The van der Waals surface area contributed by atoms with Crippen molar-refractivity contribution in [3.8, 4) is 5.75 Å². The van der Waals surface area contributed by atoms with Crippen molar-refractivity contribution < 1.29 is 14.9 Å². The van der Waals surface area contributed by atoms with Crippen molar-refractivity contribution in [3.63, 3.8) is 0 Å². The highest BCUT2D eigenvalue weighted by molar-refractivity contribution is 7.99. The Morgan fingerprint density at radius 3 is 2.81 bits per heavy atom. The first-order chi connectivity index (χ1) is 7.74. The number of aliphatic hydroxyl groups is 2. The summed E-state index contributed by atoms with van der Waals surface area (Å²) in [4.78, 5) is 0. The van der Waals surface area contributed by atoms with Crippen molar-refractivity contribution in [3.05, 3.63) is 24.3 Å². The SMILES string of the molecule is Nc1ccccc1OCC(O)CSCCO. The van der Waals surface area contributed by atoms with Crippen LogP contribution in [0.25, 0.3) is 0 Å². The molecule has 0 aliphatic carbocycles. The molecule has 0 heterocycles. The number of benzene rings is 1. The van der Waals surface area contributed by atoms with E-state index in [0.717, 1.165) is 0 Å². The van der Waals surface area contributed by atoms with Crippen LogP contribution in [-0.4, -0.2) is 41.0 Å². The monoisotopic (exact) mass is 243 g/mol. The van der Waals surface area contributed by atoms with Gasteiger partial charge in [-0.05, 0) is 12.1 Å². The molecule has 0 fully saturated rings. The van der Waals surface area contributed by atoms with Gasteiger partial charge in [0.2, 0.25) is 0 Å². The van der Waals surface area contributed by atoms with Crippen LogP contribution in [0.15, 0.2) is 24.3 Å². The van der Waals surface area contributed by atoms with Gasteiger partial charge in [0.1, 0.15) is 12.4 Å². The van der Waals surface area contributed by atoms with E-state index in [1.807, 2.05) is 12.1 Å². The number of para-hydroxylation sites is 2. The Kier molecular flexibility index (Phi) is 6.07. The summed E-state index contributed by atoms with van der Waals surface area (Å²) in [6.45, 7) is 0.344. The molecule has 0 aliphatic rings. The lowest BCUT2D eigenvalue weighted by Crippen LogP contribution is -2.20. The molecule has 1 rings (SSSR count). The van der Waals surface area contributed by atoms with Crippen molar-refractivity contribution >= 4 is 17.4 Å². The number of ether oxygens (including phenoxy) is 1. The van der Waals surface area contributed by atoms with Crippen LogP contribution < -0.4 is 10.5 Å². The molecular weight excluding hydrogens is 226 g/mol. The highest BCUT2D eigenvalue weighted by Crippen LogP contribution is 2.19. The predicted octanol–water partition coefficient (Wildman–Crippen LogP) is 0.734. The van der Waals surface area contributed by atoms with E-state index >= 15 is 0 Å². The van der Waals surface area contributed by atoms with Crippen LogP contribution in [0.2, 0.25) is 0 Å². The maximum absolute atomic E-state index is 9.56. The molecule has 0 saturated heterocycles. The molecule has 1 atom stereocenters. The van der Waals surface area contributed by atoms with Gasteiger partial charge in [-0.1, -0.05) is 12.1 Å². The quantitative estimate of drug-likeness (QED) is 0.486. The fourth-order valence-corrected chi connectivity index (χ4v) is 1.79. The molecule has 0 radical (unpaired) electrons. The third kappa shape index (κ3) is 4.74. The van der Waals surface area contributed by atoms with Crippen LogP contribution in [0.1, 0.15) is 0 Å². The van der Waals surface area contributed by atoms with Gasteiger partial charge in [0, 0.05) is 11.5 Å². The van der Waals surface area contributed by atoms with Crippen molar-refractivity contribution in [2.45, 2.75) is 6.10 Å². The number of hydrogen-bond donors (Lipinski definition) is 3. The predicted molar refractivity (Wildman–Crippen MR) is 66.8 cm³/mol. The fraction of sp³-hybridized carbons (Fsp3) is 0.455. The van der Waals surface area contributed by atoms with Gasteiger partial charge < -0.3 is 20.7 Å². The molecule has 0 amide bonds. The molecule has 1 aromatic rings. The standard InChI is InChI=1S/C11H17NO3S/c12-10-3-1-2-4-11(10)15-7-9(14)8-16-6-5-13/h1-4,9,13-14H,5-8,12H2. The Hall–Kier alpha value is -0.910. The van der Waals surface area contributed by atoms with E-state index in [0.29, 0.717) is 22.9 Å². The summed E-state index contributed by atoms with van der Waals surface area (Å²) >= 11 is 1.49. The number of nitrogens with two attached hydrogens (primary N) is 1. The molecule has 1 aromatic carbocycles. The minimum atomic E-state index is -0.545. The summed E-state index contributed by atoms with van der Waals surface area (Å²) in [5.74, 6) is 1.77. The van der Waals surface area contributed by atoms with Crippen molar-refractivity contribution in [1.82, 2.24) is 0 Å². The second-order valence-electron chi connectivity index (χ2n) is 3.30. The lowest BCUT2D eigenvalue weighted by atomic mass is 10.3. The Balaban J connectivity index is 2.26. The number of nitrogen functional groups attached to an aromatic ring is 1. The molecule has 0 bridgehead atoms. The molecular formula is C11H17NO3S. The number of hydrogen-bond acceptors (Lipinski definition) is 5. The average Bonchev–Trinajstić information content (AvgIpc) is 2.28. The van der Waals surface area contributed by atoms with Gasteiger partial charge in [0.05, 0.1) is 18.4 Å². The first kappa shape index (κ1) is 13.2. The largest absolute Gasteiger partial charge is 0.489 e. The normalized spacial score (nSPS) is 12.4. The van der Waals surface area contributed by atoms with Crippen molar-refractivity contribution in [2.75, 3.05) is 30.5 Å². The minimum absolute atomic E-state index is 0.129. The summed E-state index contributed by atoms with van der Waals surface area (Å²) in [6, 6.07) is 7.18. The van der Waals surface area contributed by atoms with Crippen molar-refractivity contribution in [2.24, 2.45) is 0 Å². The summed E-state index contributed by atoms with van der Waals surface area (Å²) in [7, 11) is 0. The van der Waals surface area contributed by atoms with Gasteiger partial charge in [-0.2, -0.15) is 11.8 Å². The molecule has 90 valence electrons. The molecule has 16 heavy (non-hydrogen) atoms. The zero-order valence-electron chi connectivity index (χ0n) is 9.00. The van der Waals surface area contributed by atoms with Gasteiger partial charge in [-0.15, -0.1) is 0 Å². The van der Waals surface area contributed by atoms with Gasteiger partial charge in [0.15, 0.2) is 0 Å². The van der Waals surface area contributed by atoms with Gasteiger partial charge in [-0.3, -0.25) is 0 Å². The van der Waals surface area contributed by atoms with Crippen LogP contribution in [0.4, 0.5) is 5.69 Å². The number of rotatable bonds is 7. The highest BCUT2D eigenvalue weighted by atomic mass is 32.2. The van der Waals surface area contributed by atoms with Gasteiger partial charge >= 0.3 is 0 Å². The smallest absolute Gasteiger partial charge is 0.142 e. The summed E-state index contributed by atoms with van der Waals surface area (Å²) in [5, 5.41) is 18.1. The van der Waals surface area contributed by atoms with Crippen LogP contribution in [0.5, 0.6) is 5.75 Å². The maximum Gasteiger partial charge on any atom is 0.142 e. The lowest BCUT2D eigenvalue weighted by Gasteiger charge is -2.12. The van der Waals surface area contributed by atoms with Crippen LogP contribution in [-0.2, 0) is 0 Å². The Labute approximate surface area is 99.4 Å². The first-order valence-corrected chi connectivity index (χ1v) is 6.23. The summed E-state index contributed by atoms with van der Waals surface area (Å²) in [6.07, 6.45) is -0.545. The maximum atomic E-state index is 9.56. The molecule has 1 unspecified atom stereocenters. The fourth-order valence-electron chi connectivity index (χ4n) is 1.13. The van der Waals surface area contributed by atoms with Gasteiger partial charge in [0.25, 0.3) is 0 Å². The third-order valence-corrected chi connectivity index (χ3v) is 2.99. The van der Waals surface area contributed by atoms with Crippen LogP contribution in [0, 0.1) is 0 Å². The molecule has 0 spiro atoms. The topological polar surface area (TPSA) is 75.7 Å². The lowest BCUT2D eigenvalue weighted by molar-refractivity contribution is 0.127. The molecule has 0 saturated carbocycles. The second kappa shape index (κ2) is 7.38. The Morgan fingerprint density at radius 2 is 2.12 bits per heavy atom. The molecule has 0 aromatic heterocycles.